The lowest BCUT2D eigenvalue weighted by molar-refractivity contribution is -0.141. The summed E-state index contributed by atoms with van der Waals surface area (Å²) >= 11 is 0. The molecule has 1 heterocycles. The summed E-state index contributed by atoms with van der Waals surface area (Å²) < 4.78 is 10.8. The molecule has 0 aliphatic carbocycles. The van der Waals surface area contributed by atoms with Gasteiger partial charge in [0.05, 0.1) is 26.7 Å². The quantitative estimate of drug-likeness (QED) is 0.338. The van der Waals surface area contributed by atoms with E-state index in [-0.39, 0.29) is 50.4 Å². The van der Waals surface area contributed by atoms with E-state index < -0.39 is 35.0 Å². The maximum absolute atomic E-state index is 13.1. The maximum atomic E-state index is 13.1. The van der Waals surface area contributed by atoms with Crippen molar-refractivity contribution in [3.63, 3.8) is 0 Å². The van der Waals surface area contributed by atoms with Gasteiger partial charge in [0, 0.05) is 38.8 Å². The number of hydrogen-bond acceptors (Lipinski definition) is 8. The first-order valence-corrected chi connectivity index (χ1v) is 10.9. The molecule has 0 saturated heterocycles. The molecule has 1 aromatic carbocycles. The smallest absolute Gasteiger partial charge is 0.305 e. The Balaban J connectivity index is 2.20. The van der Waals surface area contributed by atoms with Crippen LogP contribution in [0.4, 0.5) is 0 Å². The van der Waals surface area contributed by atoms with Gasteiger partial charge in [-0.25, -0.2) is 0 Å². The molecule has 11 heteroatoms. The standard InChI is InChI=1S/C24H29N3O8/c1-34-13-12-27-11-10-19(29)22(31)21(27)24(33)26-18(14-16-6-4-3-5-7-16)23(32)25-15-17(28)8-9-20(30)35-2/h3-7,10-11,18,31H,8-9,12-15H2,1-2H3,(H,25,32)(H,26,33)/t18-/m0/s1. The molecule has 0 saturated carbocycles. The summed E-state index contributed by atoms with van der Waals surface area (Å²) in [5.41, 5.74) is -0.322. The van der Waals surface area contributed by atoms with Crippen LogP contribution in [0, 0.1) is 0 Å². The van der Waals surface area contributed by atoms with Crippen molar-refractivity contribution in [2.24, 2.45) is 0 Å². The fraction of sp³-hybridized carbons (Fsp3) is 0.375. The number of carbonyl (C=O) groups excluding carboxylic acids is 4. The number of Topliss-reactive ketones (excluding diaryl/α,β-unsaturated/α-hetero) is 1. The average Bonchev–Trinajstić information content (AvgIpc) is 2.86. The van der Waals surface area contributed by atoms with Crippen LogP contribution in [-0.4, -0.2) is 66.7 Å². The van der Waals surface area contributed by atoms with E-state index in [0.29, 0.717) is 0 Å². The average molecular weight is 488 g/mol. The first-order chi connectivity index (χ1) is 16.8. The number of hydrogen-bond donors (Lipinski definition) is 3. The first-order valence-electron chi connectivity index (χ1n) is 10.9. The van der Waals surface area contributed by atoms with E-state index in [9.17, 15) is 29.1 Å². The molecule has 1 atom stereocenters. The second-order valence-electron chi connectivity index (χ2n) is 7.61. The highest BCUT2D eigenvalue weighted by Gasteiger charge is 2.26. The number of rotatable bonds is 13. The predicted octanol–water partition coefficient (Wildman–Crippen LogP) is 0.180. The first kappa shape index (κ1) is 27.3. The molecule has 2 amide bonds. The van der Waals surface area contributed by atoms with Crippen molar-refractivity contribution in [3.05, 3.63) is 64.1 Å². The molecule has 35 heavy (non-hydrogen) atoms. The Bertz CT molecular complexity index is 1100. The van der Waals surface area contributed by atoms with E-state index >= 15 is 0 Å². The number of aromatic nitrogens is 1. The Kier molecular flexibility index (Phi) is 10.6. The zero-order valence-electron chi connectivity index (χ0n) is 19.6. The lowest BCUT2D eigenvalue weighted by Gasteiger charge is -2.20. The number of benzene rings is 1. The number of methoxy groups -OCH3 is 2. The number of esters is 1. The molecule has 0 radical (unpaired) electrons. The molecular weight excluding hydrogens is 458 g/mol. The van der Waals surface area contributed by atoms with Crippen LogP contribution in [0.15, 0.2) is 47.4 Å². The van der Waals surface area contributed by atoms with Crippen molar-refractivity contribution in [3.8, 4) is 5.75 Å². The molecule has 11 nitrogen and oxygen atoms in total. The number of nitrogens with zero attached hydrogens (tertiary/aromatic N) is 1. The Hall–Kier alpha value is -3.99. The van der Waals surface area contributed by atoms with Crippen LogP contribution in [0.25, 0.3) is 0 Å². The van der Waals surface area contributed by atoms with E-state index in [4.69, 9.17) is 4.74 Å². The van der Waals surface area contributed by atoms with Gasteiger partial charge in [0.2, 0.25) is 11.3 Å². The van der Waals surface area contributed by atoms with Crippen molar-refractivity contribution in [2.45, 2.75) is 31.8 Å². The minimum Gasteiger partial charge on any atom is -0.503 e. The third-order valence-electron chi connectivity index (χ3n) is 5.10. The van der Waals surface area contributed by atoms with Gasteiger partial charge in [-0.15, -0.1) is 0 Å². The number of ketones is 1. The summed E-state index contributed by atoms with van der Waals surface area (Å²) in [5.74, 6) is -3.17. The third kappa shape index (κ3) is 8.38. The zero-order valence-corrected chi connectivity index (χ0v) is 19.6. The summed E-state index contributed by atoms with van der Waals surface area (Å²) in [5, 5.41) is 15.3. The summed E-state index contributed by atoms with van der Waals surface area (Å²) in [6.45, 7) is 0.0493. The Morgan fingerprint density at radius 1 is 1.06 bits per heavy atom. The molecule has 0 aliphatic rings. The van der Waals surface area contributed by atoms with Gasteiger partial charge in [0.15, 0.2) is 17.2 Å². The SMILES string of the molecule is COCCn1ccc(=O)c(O)c1C(=O)N[C@@H](Cc1ccccc1)C(=O)NCC(=O)CCC(=O)OC. The molecule has 0 unspecified atom stereocenters. The van der Waals surface area contributed by atoms with Crippen LogP contribution in [-0.2, 0) is 36.8 Å². The van der Waals surface area contributed by atoms with E-state index in [1.165, 1.54) is 25.0 Å². The van der Waals surface area contributed by atoms with Gasteiger partial charge in [-0.2, -0.15) is 0 Å². The van der Waals surface area contributed by atoms with E-state index in [1.807, 2.05) is 0 Å². The van der Waals surface area contributed by atoms with Gasteiger partial charge >= 0.3 is 5.97 Å². The van der Waals surface area contributed by atoms with Gasteiger partial charge in [-0.3, -0.25) is 24.0 Å². The summed E-state index contributed by atoms with van der Waals surface area (Å²) in [6.07, 6.45) is 1.22. The molecule has 0 aliphatic heterocycles. The summed E-state index contributed by atoms with van der Waals surface area (Å²) in [7, 11) is 2.68. The maximum Gasteiger partial charge on any atom is 0.305 e. The fourth-order valence-electron chi connectivity index (χ4n) is 3.20. The number of ether oxygens (including phenoxy) is 2. The largest absolute Gasteiger partial charge is 0.503 e. The molecule has 0 spiro atoms. The Morgan fingerprint density at radius 2 is 1.77 bits per heavy atom. The lowest BCUT2D eigenvalue weighted by Crippen LogP contribution is -2.49. The normalized spacial score (nSPS) is 11.4. The number of aromatic hydroxyl groups is 1. The zero-order chi connectivity index (χ0) is 25.8. The second-order valence-corrected chi connectivity index (χ2v) is 7.61. The van der Waals surface area contributed by atoms with Crippen LogP contribution in [0.5, 0.6) is 5.75 Å². The number of pyridine rings is 1. The summed E-state index contributed by atoms with van der Waals surface area (Å²) in [6, 6.07) is 8.87. The van der Waals surface area contributed by atoms with Gasteiger partial charge in [0.25, 0.3) is 5.91 Å². The third-order valence-corrected chi connectivity index (χ3v) is 5.10. The van der Waals surface area contributed by atoms with Crippen LogP contribution in [0.2, 0.25) is 0 Å². The topological polar surface area (TPSA) is 153 Å². The fourth-order valence-corrected chi connectivity index (χ4v) is 3.20. The summed E-state index contributed by atoms with van der Waals surface area (Å²) in [4.78, 5) is 61.2. The molecule has 188 valence electrons. The van der Waals surface area contributed by atoms with Gasteiger partial charge in [-0.05, 0) is 5.56 Å². The van der Waals surface area contributed by atoms with Gasteiger partial charge < -0.3 is 29.8 Å². The van der Waals surface area contributed by atoms with Crippen molar-refractivity contribution < 1.29 is 33.8 Å². The van der Waals surface area contributed by atoms with Gasteiger partial charge in [-0.1, -0.05) is 30.3 Å². The van der Waals surface area contributed by atoms with Crippen molar-refractivity contribution in [2.75, 3.05) is 27.4 Å². The molecule has 0 fully saturated rings. The van der Waals surface area contributed by atoms with E-state index in [0.717, 1.165) is 11.6 Å². The van der Waals surface area contributed by atoms with Crippen molar-refractivity contribution >= 4 is 23.6 Å². The van der Waals surface area contributed by atoms with Gasteiger partial charge in [0.1, 0.15) is 6.04 Å². The highest BCUT2D eigenvalue weighted by molar-refractivity contribution is 5.99. The number of amides is 2. The Labute approximate surface area is 202 Å². The van der Waals surface area contributed by atoms with Crippen LogP contribution >= 0.6 is 0 Å². The van der Waals surface area contributed by atoms with Crippen LogP contribution in [0.1, 0.15) is 28.9 Å². The minimum absolute atomic E-state index is 0.0880. The van der Waals surface area contributed by atoms with Crippen LogP contribution < -0.4 is 16.1 Å². The van der Waals surface area contributed by atoms with E-state index in [2.05, 4.69) is 15.4 Å². The molecule has 0 bridgehead atoms. The van der Waals surface area contributed by atoms with Crippen molar-refractivity contribution in [1.29, 1.82) is 0 Å². The lowest BCUT2D eigenvalue weighted by atomic mass is 10.0. The number of carbonyl (C=O) groups is 4. The number of nitrogens with one attached hydrogen (secondary N) is 2. The monoisotopic (exact) mass is 487 g/mol. The van der Waals surface area contributed by atoms with Crippen LogP contribution in [0.3, 0.4) is 0 Å². The minimum atomic E-state index is -1.12. The molecule has 3 N–H and O–H groups in total. The molecule has 2 rings (SSSR count). The van der Waals surface area contributed by atoms with E-state index in [1.54, 1.807) is 30.3 Å². The Morgan fingerprint density at radius 3 is 2.43 bits per heavy atom. The predicted molar refractivity (Wildman–Crippen MR) is 125 cm³/mol. The molecular formula is C24H29N3O8. The molecule has 2 aromatic rings. The van der Waals surface area contributed by atoms with Crippen molar-refractivity contribution in [1.82, 2.24) is 15.2 Å². The molecule has 1 aromatic heterocycles. The highest BCUT2D eigenvalue weighted by atomic mass is 16.5. The highest BCUT2D eigenvalue weighted by Crippen LogP contribution is 2.13. The second kappa shape index (κ2) is 13.7.